The molecule has 0 aliphatic heterocycles. The van der Waals surface area contributed by atoms with Gasteiger partial charge in [0.2, 0.25) is 0 Å². The number of hydrogen-bond donors (Lipinski definition) is 1. The van der Waals surface area contributed by atoms with Gasteiger partial charge in [0.05, 0.1) is 12.7 Å². The summed E-state index contributed by atoms with van der Waals surface area (Å²) in [6, 6.07) is 5.39. The molecule has 19 heavy (non-hydrogen) atoms. The molecule has 0 spiro atoms. The predicted molar refractivity (Wildman–Crippen MR) is 80.5 cm³/mol. The average molecular weight is 329 g/mol. The van der Waals surface area contributed by atoms with Gasteiger partial charge in [0.15, 0.2) is 0 Å². The van der Waals surface area contributed by atoms with Crippen LogP contribution in [0.1, 0.15) is 24.2 Å². The second kappa shape index (κ2) is 6.39. The van der Waals surface area contributed by atoms with E-state index in [2.05, 4.69) is 15.9 Å². The molecule has 2 N–H and O–H groups in total. The fourth-order valence-corrected chi connectivity index (χ4v) is 2.19. The molecule has 4 nitrogen and oxygen atoms in total. The van der Waals surface area contributed by atoms with Crippen LogP contribution in [0.15, 0.2) is 22.7 Å². The van der Waals surface area contributed by atoms with Crippen molar-refractivity contribution in [3.05, 3.63) is 28.2 Å². The van der Waals surface area contributed by atoms with Crippen molar-refractivity contribution in [2.45, 2.75) is 13.8 Å². The molecule has 1 rings (SSSR count). The largest absolute Gasteiger partial charge is 0.496 e. The van der Waals surface area contributed by atoms with Gasteiger partial charge in [-0.3, -0.25) is 4.79 Å². The van der Waals surface area contributed by atoms with Crippen LogP contribution in [-0.4, -0.2) is 38.1 Å². The van der Waals surface area contributed by atoms with Crippen LogP contribution < -0.4 is 10.5 Å². The van der Waals surface area contributed by atoms with Crippen LogP contribution in [0.4, 0.5) is 0 Å². The molecule has 0 aromatic heterocycles. The number of amides is 1. The van der Waals surface area contributed by atoms with Gasteiger partial charge in [-0.05, 0) is 30.2 Å². The number of methoxy groups -OCH3 is 1. The predicted octanol–water partition coefficient (Wildman–Crippen LogP) is 2.51. The van der Waals surface area contributed by atoms with E-state index in [1.807, 2.05) is 19.9 Å². The third-order valence-electron chi connectivity index (χ3n) is 2.96. The van der Waals surface area contributed by atoms with Crippen molar-refractivity contribution in [1.29, 1.82) is 0 Å². The first kappa shape index (κ1) is 16.0. The normalized spacial score (nSPS) is 11.3. The number of carbonyl (C=O) groups excluding carboxylic acids is 1. The van der Waals surface area contributed by atoms with E-state index in [-0.39, 0.29) is 11.3 Å². The zero-order chi connectivity index (χ0) is 14.6. The van der Waals surface area contributed by atoms with E-state index >= 15 is 0 Å². The molecular formula is C14H21BrN2O2. The highest BCUT2D eigenvalue weighted by molar-refractivity contribution is 9.10. The Labute approximate surface area is 123 Å². The fourth-order valence-electron chi connectivity index (χ4n) is 1.83. The third-order valence-corrected chi connectivity index (χ3v) is 3.45. The second-order valence-electron chi connectivity index (χ2n) is 5.37. The number of halogens is 1. The van der Waals surface area contributed by atoms with Crippen molar-refractivity contribution in [3.8, 4) is 5.75 Å². The second-order valence-corrected chi connectivity index (χ2v) is 6.29. The molecule has 0 fully saturated rings. The van der Waals surface area contributed by atoms with E-state index in [0.717, 1.165) is 4.47 Å². The number of ether oxygens (including phenoxy) is 1. The first-order valence-corrected chi connectivity index (χ1v) is 6.89. The number of nitrogens with two attached hydrogens (primary N) is 1. The molecule has 1 aromatic carbocycles. The summed E-state index contributed by atoms with van der Waals surface area (Å²) >= 11 is 3.37. The van der Waals surface area contributed by atoms with Crippen molar-refractivity contribution in [2.75, 3.05) is 27.2 Å². The summed E-state index contributed by atoms with van der Waals surface area (Å²) in [5.74, 6) is 0.505. The van der Waals surface area contributed by atoms with Gasteiger partial charge in [-0.15, -0.1) is 0 Å². The maximum absolute atomic E-state index is 12.5. The molecular weight excluding hydrogens is 308 g/mol. The molecule has 0 unspecified atom stereocenters. The molecule has 0 atom stereocenters. The van der Waals surface area contributed by atoms with E-state index in [9.17, 15) is 4.79 Å². The Bertz CT molecular complexity index is 461. The average Bonchev–Trinajstić information content (AvgIpc) is 2.37. The van der Waals surface area contributed by atoms with Crippen LogP contribution in [0.25, 0.3) is 0 Å². The van der Waals surface area contributed by atoms with E-state index in [0.29, 0.717) is 24.4 Å². The Morgan fingerprint density at radius 1 is 1.47 bits per heavy atom. The Morgan fingerprint density at radius 3 is 2.63 bits per heavy atom. The van der Waals surface area contributed by atoms with Gasteiger partial charge in [0.1, 0.15) is 5.75 Å². The fraction of sp³-hybridized carbons (Fsp3) is 0.500. The van der Waals surface area contributed by atoms with Crippen LogP contribution in [0.2, 0.25) is 0 Å². The monoisotopic (exact) mass is 328 g/mol. The lowest BCUT2D eigenvalue weighted by Crippen LogP contribution is -2.39. The number of benzene rings is 1. The molecule has 5 heteroatoms. The standard InChI is InChI=1S/C14H21BrN2O2/c1-14(2,8-16)9-17(3)13(18)11-7-10(15)5-6-12(11)19-4/h5-7H,8-9,16H2,1-4H3. The first-order chi connectivity index (χ1) is 8.80. The topological polar surface area (TPSA) is 55.6 Å². The molecule has 106 valence electrons. The van der Waals surface area contributed by atoms with Crippen LogP contribution in [0.3, 0.4) is 0 Å². The van der Waals surface area contributed by atoms with Crippen molar-refractivity contribution in [2.24, 2.45) is 11.1 Å². The summed E-state index contributed by atoms with van der Waals surface area (Å²) in [5, 5.41) is 0. The van der Waals surface area contributed by atoms with E-state index in [1.54, 1.807) is 31.2 Å². The third kappa shape index (κ3) is 4.21. The van der Waals surface area contributed by atoms with Crippen molar-refractivity contribution in [3.63, 3.8) is 0 Å². The summed E-state index contributed by atoms with van der Waals surface area (Å²) in [6.07, 6.45) is 0. The summed E-state index contributed by atoms with van der Waals surface area (Å²) in [5.41, 5.74) is 6.14. The lowest BCUT2D eigenvalue weighted by molar-refractivity contribution is 0.0737. The van der Waals surface area contributed by atoms with Crippen LogP contribution >= 0.6 is 15.9 Å². The molecule has 0 saturated carbocycles. The van der Waals surface area contributed by atoms with Gasteiger partial charge in [-0.1, -0.05) is 29.8 Å². The van der Waals surface area contributed by atoms with Crippen LogP contribution in [-0.2, 0) is 0 Å². The highest BCUT2D eigenvalue weighted by Crippen LogP contribution is 2.25. The Balaban J connectivity index is 2.97. The minimum absolute atomic E-state index is 0.0697. The van der Waals surface area contributed by atoms with Gasteiger partial charge < -0.3 is 15.4 Å². The molecule has 1 amide bonds. The smallest absolute Gasteiger partial charge is 0.257 e. The highest BCUT2D eigenvalue weighted by Gasteiger charge is 2.23. The van der Waals surface area contributed by atoms with Gasteiger partial charge in [-0.25, -0.2) is 0 Å². The number of nitrogens with zero attached hydrogens (tertiary/aromatic N) is 1. The zero-order valence-corrected chi connectivity index (χ0v) is 13.5. The summed E-state index contributed by atoms with van der Waals surface area (Å²) in [7, 11) is 3.34. The number of hydrogen-bond acceptors (Lipinski definition) is 3. The molecule has 0 aliphatic rings. The van der Waals surface area contributed by atoms with Crippen LogP contribution in [0.5, 0.6) is 5.75 Å². The van der Waals surface area contributed by atoms with Crippen LogP contribution in [0, 0.1) is 5.41 Å². The molecule has 0 saturated heterocycles. The summed E-state index contributed by atoms with van der Waals surface area (Å²) < 4.78 is 6.09. The van der Waals surface area contributed by atoms with E-state index in [1.165, 1.54) is 0 Å². The summed E-state index contributed by atoms with van der Waals surface area (Å²) in [6.45, 7) is 5.20. The lowest BCUT2D eigenvalue weighted by atomic mass is 9.93. The maximum atomic E-state index is 12.5. The maximum Gasteiger partial charge on any atom is 0.257 e. The van der Waals surface area contributed by atoms with Gasteiger partial charge in [0, 0.05) is 18.1 Å². The Kier molecular flexibility index (Phi) is 5.38. The van der Waals surface area contributed by atoms with Crippen molar-refractivity contribution in [1.82, 2.24) is 4.90 Å². The molecule has 0 radical (unpaired) electrons. The van der Waals surface area contributed by atoms with Gasteiger partial charge >= 0.3 is 0 Å². The Hall–Kier alpha value is -1.07. The van der Waals surface area contributed by atoms with Crippen molar-refractivity contribution < 1.29 is 9.53 Å². The summed E-state index contributed by atoms with van der Waals surface area (Å²) in [4.78, 5) is 14.1. The molecule has 0 aliphatic carbocycles. The minimum Gasteiger partial charge on any atom is -0.496 e. The van der Waals surface area contributed by atoms with Gasteiger partial charge in [-0.2, -0.15) is 0 Å². The minimum atomic E-state index is -0.107. The molecule has 0 heterocycles. The van der Waals surface area contributed by atoms with E-state index < -0.39 is 0 Å². The molecule has 1 aromatic rings. The SMILES string of the molecule is COc1ccc(Br)cc1C(=O)N(C)CC(C)(C)CN. The highest BCUT2D eigenvalue weighted by atomic mass is 79.9. The molecule has 0 bridgehead atoms. The van der Waals surface area contributed by atoms with Crippen molar-refractivity contribution >= 4 is 21.8 Å². The first-order valence-electron chi connectivity index (χ1n) is 6.10. The van der Waals surface area contributed by atoms with Gasteiger partial charge in [0.25, 0.3) is 5.91 Å². The Morgan fingerprint density at radius 2 is 2.11 bits per heavy atom. The lowest BCUT2D eigenvalue weighted by Gasteiger charge is -2.29. The zero-order valence-electron chi connectivity index (χ0n) is 11.9. The number of carbonyl (C=O) groups is 1. The van der Waals surface area contributed by atoms with E-state index in [4.69, 9.17) is 10.5 Å². The quantitative estimate of drug-likeness (QED) is 0.903. The number of rotatable bonds is 5.